The first-order valence-corrected chi connectivity index (χ1v) is 5.67. The predicted molar refractivity (Wildman–Crippen MR) is 68.5 cm³/mol. The van der Waals surface area contributed by atoms with Gasteiger partial charge in [-0.25, -0.2) is 0 Å². The molecule has 0 rings (SSSR count). The molecule has 0 bridgehead atoms. The van der Waals surface area contributed by atoms with E-state index in [2.05, 4.69) is 67.2 Å². The van der Waals surface area contributed by atoms with Crippen molar-refractivity contribution in [1.82, 2.24) is 4.90 Å². The van der Waals surface area contributed by atoms with Crippen molar-refractivity contribution in [3.63, 3.8) is 0 Å². The molecule has 0 saturated carbocycles. The lowest BCUT2D eigenvalue weighted by molar-refractivity contribution is 0.109. The quantitative estimate of drug-likeness (QED) is 0.478. The first-order valence-electron chi connectivity index (χ1n) is 5.67. The summed E-state index contributed by atoms with van der Waals surface area (Å²) in [7, 11) is 0. The van der Waals surface area contributed by atoms with Crippen LogP contribution in [0, 0.1) is 10.8 Å². The van der Waals surface area contributed by atoms with Crippen LogP contribution in [0.2, 0.25) is 0 Å². The van der Waals surface area contributed by atoms with Gasteiger partial charge in [0.15, 0.2) is 0 Å². The number of hydrogen-bond acceptors (Lipinski definition) is 1. The Morgan fingerprint density at radius 2 is 1.00 bits per heavy atom. The molecule has 0 radical (unpaired) electrons. The summed E-state index contributed by atoms with van der Waals surface area (Å²) in [5.41, 5.74) is -0.119. The lowest BCUT2D eigenvalue weighted by Crippen LogP contribution is -2.58. The summed E-state index contributed by atoms with van der Waals surface area (Å²) < 4.78 is 0. The van der Waals surface area contributed by atoms with Crippen LogP contribution in [0.3, 0.4) is 0 Å². The summed E-state index contributed by atoms with van der Waals surface area (Å²) in [5, 5.41) is 8.33. The molecule has 0 saturated heterocycles. The van der Waals surface area contributed by atoms with Gasteiger partial charge in [0.25, 0.3) is 0 Å². The third kappa shape index (κ3) is 3.84. The Morgan fingerprint density at radius 3 is 1.07 bits per heavy atom. The molecule has 0 aromatic carbocycles. The van der Waals surface area contributed by atoms with Gasteiger partial charge in [0.1, 0.15) is 5.84 Å². The second kappa shape index (κ2) is 3.80. The highest BCUT2D eigenvalue weighted by Gasteiger charge is 2.37. The van der Waals surface area contributed by atoms with Gasteiger partial charge >= 0.3 is 0 Å². The average Bonchev–Trinajstić information content (AvgIpc) is 1.76. The first-order chi connectivity index (χ1) is 6.28. The van der Waals surface area contributed by atoms with Gasteiger partial charge in [-0.1, -0.05) is 20.8 Å². The summed E-state index contributed by atoms with van der Waals surface area (Å²) in [6.07, 6.45) is 0. The van der Waals surface area contributed by atoms with E-state index in [-0.39, 0.29) is 16.5 Å². The molecule has 0 aromatic heterocycles. The lowest BCUT2D eigenvalue weighted by Gasteiger charge is -2.50. The van der Waals surface area contributed by atoms with E-state index < -0.39 is 0 Å². The smallest absolute Gasteiger partial charge is 0.102 e. The molecule has 0 aliphatic carbocycles. The molecule has 2 heteroatoms. The van der Waals surface area contributed by atoms with Crippen LogP contribution in [-0.4, -0.2) is 21.8 Å². The Labute approximate surface area is 95.6 Å². The highest BCUT2D eigenvalue weighted by molar-refractivity contribution is 5.85. The molecule has 0 spiro atoms. The van der Waals surface area contributed by atoms with Crippen LogP contribution < -0.4 is 0 Å². The number of nitrogens with zero attached hydrogens (tertiary/aromatic N) is 1. The summed E-state index contributed by atoms with van der Waals surface area (Å²) >= 11 is 0. The standard InChI is InChI=1S/C13H28N2/c1-11(2,3)10(14)15(12(4,5)6)13(7,8)9/h14H,1-9H3. The minimum absolute atomic E-state index is 0.0113. The van der Waals surface area contributed by atoms with Gasteiger partial charge < -0.3 is 4.90 Å². The van der Waals surface area contributed by atoms with Crippen molar-refractivity contribution in [3.05, 3.63) is 0 Å². The minimum atomic E-state index is -0.0967. The highest BCUT2D eigenvalue weighted by Crippen LogP contribution is 2.31. The predicted octanol–water partition coefficient (Wildman–Crippen LogP) is 3.91. The third-order valence-corrected chi connectivity index (χ3v) is 2.28. The molecular weight excluding hydrogens is 184 g/mol. The molecule has 0 heterocycles. The van der Waals surface area contributed by atoms with Crippen molar-refractivity contribution in [1.29, 1.82) is 5.41 Å². The number of amidine groups is 1. The molecule has 15 heavy (non-hydrogen) atoms. The van der Waals surface area contributed by atoms with Crippen molar-refractivity contribution in [2.75, 3.05) is 0 Å². The normalized spacial score (nSPS) is 13.9. The molecule has 1 N–H and O–H groups in total. The molecule has 0 unspecified atom stereocenters. The number of hydrogen-bond donors (Lipinski definition) is 1. The molecule has 0 aliphatic rings. The van der Waals surface area contributed by atoms with Crippen LogP contribution in [0.1, 0.15) is 62.3 Å². The summed E-state index contributed by atoms with van der Waals surface area (Å²) in [4.78, 5) is 2.21. The molecular formula is C13H28N2. The molecule has 0 aliphatic heterocycles. The van der Waals surface area contributed by atoms with Gasteiger partial charge in [0, 0.05) is 16.5 Å². The molecule has 2 nitrogen and oxygen atoms in total. The van der Waals surface area contributed by atoms with Gasteiger partial charge in [-0.2, -0.15) is 0 Å². The van der Waals surface area contributed by atoms with Gasteiger partial charge in [-0.15, -0.1) is 0 Å². The zero-order chi connectivity index (χ0) is 12.7. The summed E-state index contributed by atoms with van der Waals surface area (Å²) in [6, 6.07) is 0. The van der Waals surface area contributed by atoms with Crippen molar-refractivity contribution in [2.45, 2.75) is 73.4 Å². The lowest BCUT2D eigenvalue weighted by atomic mass is 9.87. The Kier molecular flexibility index (Phi) is 3.67. The Balaban J connectivity index is 5.26. The van der Waals surface area contributed by atoms with Gasteiger partial charge in [-0.05, 0) is 41.5 Å². The largest absolute Gasteiger partial charge is 0.350 e. The second-order valence-corrected chi connectivity index (χ2v) is 7.28. The molecule has 90 valence electrons. The van der Waals surface area contributed by atoms with Crippen molar-refractivity contribution < 1.29 is 0 Å². The Bertz CT molecular complexity index is 219. The van der Waals surface area contributed by atoms with Crippen LogP contribution in [0.4, 0.5) is 0 Å². The summed E-state index contributed by atoms with van der Waals surface area (Å²) in [6.45, 7) is 19.3. The van der Waals surface area contributed by atoms with E-state index in [0.29, 0.717) is 5.84 Å². The zero-order valence-corrected chi connectivity index (χ0v) is 11.9. The van der Waals surface area contributed by atoms with Crippen molar-refractivity contribution in [2.24, 2.45) is 5.41 Å². The van der Waals surface area contributed by atoms with Crippen LogP contribution in [0.25, 0.3) is 0 Å². The van der Waals surface area contributed by atoms with Crippen molar-refractivity contribution in [3.8, 4) is 0 Å². The van der Waals surface area contributed by atoms with Gasteiger partial charge in [0.05, 0.1) is 0 Å². The van der Waals surface area contributed by atoms with E-state index in [0.717, 1.165) is 0 Å². The highest BCUT2D eigenvalue weighted by atomic mass is 15.3. The molecule has 0 atom stereocenters. The van der Waals surface area contributed by atoms with E-state index in [4.69, 9.17) is 5.41 Å². The van der Waals surface area contributed by atoms with Crippen LogP contribution in [0.15, 0.2) is 0 Å². The molecule has 0 amide bonds. The van der Waals surface area contributed by atoms with E-state index in [1.165, 1.54) is 0 Å². The van der Waals surface area contributed by atoms with E-state index in [1.807, 2.05) is 0 Å². The van der Waals surface area contributed by atoms with E-state index >= 15 is 0 Å². The monoisotopic (exact) mass is 212 g/mol. The number of nitrogens with one attached hydrogen (secondary N) is 1. The third-order valence-electron chi connectivity index (χ3n) is 2.28. The maximum Gasteiger partial charge on any atom is 0.102 e. The zero-order valence-electron chi connectivity index (χ0n) is 11.9. The Hall–Kier alpha value is -0.530. The maximum absolute atomic E-state index is 8.33. The second-order valence-electron chi connectivity index (χ2n) is 7.28. The van der Waals surface area contributed by atoms with E-state index in [1.54, 1.807) is 0 Å². The van der Waals surface area contributed by atoms with Crippen LogP contribution in [0.5, 0.6) is 0 Å². The fourth-order valence-electron chi connectivity index (χ4n) is 2.01. The van der Waals surface area contributed by atoms with Crippen LogP contribution in [-0.2, 0) is 0 Å². The maximum atomic E-state index is 8.33. The van der Waals surface area contributed by atoms with Gasteiger partial charge in [-0.3, -0.25) is 5.41 Å². The SMILES string of the molecule is CC(C)(C)C(=N)N(C(C)(C)C)C(C)(C)C. The Morgan fingerprint density at radius 1 is 0.733 bits per heavy atom. The fourth-order valence-corrected chi connectivity index (χ4v) is 2.01. The molecule has 0 aromatic rings. The first kappa shape index (κ1) is 14.5. The van der Waals surface area contributed by atoms with Crippen LogP contribution >= 0.6 is 0 Å². The van der Waals surface area contributed by atoms with Gasteiger partial charge in [0.2, 0.25) is 0 Å². The van der Waals surface area contributed by atoms with E-state index in [9.17, 15) is 0 Å². The van der Waals surface area contributed by atoms with Crippen molar-refractivity contribution >= 4 is 5.84 Å². The topological polar surface area (TPSA) is 27.1 Å². The average molecular weight is 212 g/mol. The molecule has 0 fully saturated rings. The number of rotatable bonds is 0. The summed E-state index contributed by atoms with van der Waals surface area (Å²) in [5.74, 6) is 0.711. The minimum Gasteiger partial charge on any atom is -0.350 e. The fraction of sp³-hybridized carbons (Fsp3) is 0.923.